The summed E-state index contributed by atoms with van der Waals surface area (Å²) in [5.41, 5.74) is 3.27. The maximum Gasteiger partial charge on any atom is 0.255 e. The van der Waals surface area contributed by atoms with Gasteiger partial charge in [-0.2, -0.15) is 0 Å². The molecule has 1 fully saturated rings. The minimum atomic E-state index is -0.169. The van der Waals surface area contributed by atoms with Crippen LogP contribution in [0.15, 0.2) is 39.3 Å². The van der Waals surface area contributed by atoms with Gasteiger partial charge in [0.2, 0.25) is 0 Å². The number of anilines is 2. The number of carbonyl (C=O) groups excluding carboxylic acids is 1. The smallest absolute Gasteiger partial charge is 0.255 e. The van der Waals surface area contributed by atoms with E-state index in [1.165, 1.54) is 0 Å². The van der Waals surface area contributed by atoms with Crippen LogP contribution in [0.2, 0.25) is 0 Å². The molecule has 32 heavy (non-hydrogen) atoms. The number of aliphatic hydroxyl groups excluding tert-OH is 1. The summed E-state index contributed by atoms with van der Waals surface area (Å²) >= 11 is 6.98. The zero-order valence-corrected chi connectivity index (χ0v) is 22.8. The number of ether oxygens (including phenoxy) is 1. The molecule has 0 aromatic heterocycles. The van der Waals surface area contributed by atoms with Crippen LogP contribution >= 0.6 is 31.9 Å². The van der Waals surface area contributed by atoms with Crippen LogP contribution in [0.5, 0.6) is 5.75 Å². The summed E-state index contributed by atoms with van der Waals surface area (Å²) in [5, 5.41) is 15.3. The molecule has 2 aromatic carbocycles. The third-order valence-electron chi connectivity index (χ3n) is 4.62. The topological polar surface area (TPSA) is 73.8 Å². The average Bonchev–Trinajstić information content (AvgIpc) is 2.85. The quantitative estimate of drug-likeness (QED) is 0.420. The van der Waals surface area contributed by atoms with Crippen LogP contribution in [-0.2, 0) is 0 Å². The molecule has 8 heteroatoms. The van der Waals surface area contributed by atoms with Crippen molar-refractivity contribution in [2.75, 3.05) is 49.6 Å². The van der Waals surface area contributed by atoms with Gasteiger partial charge in [0.25, 0.3) is 5.91 Å². The van der Waals surface area contributed by atoms with Crippen molar-refractivity contribution in [1.29, 1.82) is 0 Å². The second-order valence-corrected chi connectivity index (χ2v) is 8.13. The van der Waals surface area contributed by atoms with E-state index in [-0.39, 0.29) is 19.1 Å². The molecule has 1 amide bonds. The Kier molecular flexibility index (Phi) is 13.6. The summed E-state index contributed by atoms with van der Waals surface area (Å²) in [6, 6.07) is 9.49. The monoisotopic (exact) mass is 571 g/mol. The molecule has 3 N–H and O–H groups in total. The van der Waals surface area contributed by atoms with E-state index in [2.05, 4.69) is 47.4 Å². The molecule has 1 heterocycles. The Labute approximate surface area is 209 Å². The van der Waals surface area contributed by atoms with Gasteiger partial charge < -0.3 is 25.4 Å². The first-order valence-electron chi connectivity index (χ1n) is 11.1. The minimum Gasteiger partial charge on any atom is -0.489 e. The highest BCUT2D eigenvalue weighted by atomic mass is 79.9. The zero-order chi connectivity index (χ0) is 24.1. The van der Waals surface area contributed by atoms with Gasteiger partial charge in [0.15, 0.2) is 0 Å². The Morgan fingerprint density at radius 3 is 2.28 bits per heavy atom. The fraction of sp³-hybridized carbons (Fsp3) is 0.458. The summed E-state index contributed by atoms with van der Waals surface area (Å²) in [6.45, 7) is 13.9. The van der Waals surface area contributed by atoms with Crippen LogP contribution in [0.3, 0.4) is 0 Å². The number of nitrogens with zero attached hydrogens (tertiary/aromatic N) is 1. The molecule has 1 aliphatic rings. The second kappa shape index (κ2) is 15.3. The lowest BCUT2D eigenvalue weighted by molar-refractivity contribution is 0.102. The largest absolute Gasteiger partial charge is 0.489 e. The summed E-state index contributed by atoms with van der Waals surface area (Å²) in [4.78, 5) is 15.0. The van der Waals surface area contributed by atoms with Gasteiger partial charge in [0.05, 0.1) is 15.6 Å². The molecule has 2 aromatic rings. The van der Waals surface area contributed by atoms with Crippen LogP contribution in [0.1, 0.15) is 43.6 Å². The highest BCUT2D eigenvalue weighted by Gasteiger charge is 2.17. The molecule has 3 rings (SSSR count). The van der Waals surface area contributed by atoms with E-state index in [4.69, 9.17) is 9.84 Å². The summed E-state index contributed by atoms with van der Waals surface area (Å²) in [7, 11) is 0. The van der Waals surface area contributed by atoms with E-state index in [9.17, 15) is 4.79 Å². The van der Waals surface area contributed by atoms with Crippen molar-refractivity contribution in [2.24, 2.45) is 0 Å². The number of benzene rings is 2. The van der Waals surface area contributed by atoms with E-state index in [1.54, 1.807) is 6.07 Å². The van der Waals surface area contributed by atoms with Crippen LogP contribution in [-0.4, -0.2) is 50.4 Å². The van der Waals surface area contributed by atoms with Gasteiger partial charge in [-0.05, 0) is 74.7 Å². The van der Waals surface area contributed by atoms with Gasteiger partial charge in [-0.3, -0.25) is 4.79 Å². The predicted octanol–water partition coefficient (Wildman–Crippen LogP) is 5.61. The van der Waals surface area contributed by atoms with Crippen molar-refractivity contribution in [1.82, 2.24) is 5.32 Å². The van der Waals surface area contributed by atoms with E-state index in [0.717, 1.165) is 41.9 Å². The van der Waals surface area contributed by atoms with Crippen LogP contribution in [0.4, 0.5) is 11.4 Å². The van der Waals surface area contributed by atoms with E-state index >= 15 is 0 Å². The lowest BCUT2D eigenvalue weighted by Gasteiger charge is -2.29. The Bertz CT molecular complexity index is 839. The van der Waals surface area contributed by atoms with Crippen molar-refractivity contribution >= 4 is 49.1 Å². The minimum absolute atomic E-state index is 0.0691. The molecule has 1 saturated heterocycles. The van der Waals surface area contributed by atoms with Crippen molar-refractivity contribution in [3.05, 3.63) is 50.4 Å². The Balaban J connectivity index is 0.00000121. The number of amides is 1. The number of aliphatic hydroxyl groups is 1. The summed E-state index contributed by atoms with van der Waals surface area (Å²) < 4.78 is 6.98. The van der Waals surface area contributed by atoms with E-state index < -0.39 is 0 Å². The van der Waals surface area contributed by atoms with Crippen LogP contribution < -0.4 is 20.3 Å². The molecule has 0 aliphatic carbocycles. The lowest BCUT2D eigenvalue weighted by atomic mass is 10.1. The van der Waals surface area contributed by atoms with Crippen LogP contribution in [0, 0.1) is 6.92 Å². The molecule has 6 nitrogen and oxygen atoms in total. The first kappa shape index (κ1) is 28.4. The van der Waals surface area contributed by atoms with Gasteiger partial charge in [0.1, 0.15) is 12.4 Å². The number of piperazine rings is 1. The summed E-state index contributed by atoms with van der Waals surface area (Å²) in [6.07, 6.45) is 0. The normalized spacial score (nSPS) is 12.7. The Morgan fingerprint density at radius 2 is 1.72 bits per heavy atom. The second-order valence-electron chi connectivity index (χ2n) is 6.48. The van der Waals surface area contributed by atoms with Crippen molar-refractivity contribution in [3.8, 4) is 5.75 Å². The molecule has 0 saturated carbocycles. The van der Waals surface area contributed by atoms with Gasteiger partial charge in [-0.15, -0.1) is 0 Å². The molecular formula is C24H35Br2N3O3. The number of hydrogen-bond donors (Lipinski definition) is 3. The van der Waals surface area contributed by atoms with Crippen molar-refractivity contribution in [2.45, 2.75) is 34.6 Å². The van der Waals surface area contributed by atoms with Crippen LogP contribution in [0.25, 0.3) is 0 Å². The lowest BCUT2D eigenvalue weighted by Crippen LogP contribution is -2.43. The Hall–Kier alpha value is -1.61. The molecule has 0 bridgehead atoms. The fourth-order valence-corrected chi connectivity index (χ4v) is 4.39. The number of carbonyl (C=O) groups is 1. The van der Waals surface area contributed by atoms with E-state index in [1.807, 2.05) is 58.9 Å². The van der Waals surface area contributed by atoms with Gasteiger partial charge in [-0.1, -0.05) is 27.7 Å². The third-order valence-corrected chi connectivity index (χ3v) is 6.16. The molecular weight excluding hydrogens is 538 g/mol. The van der Waals surface area contributed by atoms with Gasteiger partial charge in [0, 0.05) is 43.1 Å². The molecule has 1 aliphatic heterocycles. The van der Waals surface area contributed by atoms with Gasteiger partial charge in [-0.25, -0.2) is 0 Å². The van der Waals surface area contributed by atoms with Crippen molar-refractivity contribution < 1.29 is 14.6 Å². The summed E-state index contributed by atoms with van der Waals surface area (Å²) in [5.74, 6) is 0.433. The molecule has 178 valence electrons. The first-order chi connectivity index (χ1) is 15.5. The highest BCUT2D eigenvalue weighted by molar-refractivity contribution is 9.11. The molecule has 0 atom stereocenters. The molecule has 0 radical (unpaired) electrons. The van der Waals surface area contributed by atoms with Gasteiger partial charge >= 0.3 is 0 Å². The third kappa shape index (κ3) is 7.76. The highest BCUT2D eigenvalue weighted by Crippen LogP contribution is 2.40. The predicted molar refractivity (Wildman–Crippen MR) is 141 cm³/mol. The first-order valence-corrected chi connectivity index (χ1v) is 12.7. The SMILES string of the molecule is CC.CC.Cc1c(NC(=O)c2ccc(N3CCNCC3)cc2)cc(Br)c(OCCO)c1Br. The molecule has 0 spiro atoms. The Morgan fingerprint density at radius 1 is 1.12 bits per heavy atom. The number of halogens is 2. The standard InChI is InChI=1S/C20H23Br2N3O3.2C2H6/c1-13-17(12-16(21)19(18(13)22)28-11-10-26)24-20(27)14-2-4-15(5-3-14)25-8-6-23-7-9-25;2*1-2/h2-5,12,23,26H,6-11H2,1H3,(H,24,27);2*1-2H3. The van der Waals surface area contributed by atoms with E-state index in [0.29, 0.717) is 21.5 Å². The maximum atomic E-state index is 12.7. The number of hydrogen-bond acceptors (Lipinski definition) is 5. The molecule has 0 unspecified atom stereocenters. The number of nitrogens with one attached hydrogen (secondary N) is 2. The van der Waals surface area contributed by atoms with Crippen molar-refractivity contribution in [3.63, 3.8) is 0 Å². The maximum absolute atomic E-state index is 12.7. The zero-order valence-electron chi connectivity index (χ0n) is 19.6. The fourth-order valence-electron chi connectivity index (χ4n) is 3.04. The number of rotatable bonds is 6. The average molecular weight is 573 g/mol.